The van der Waals surface area contributed by atoms with E-state index in [2.05, 4.69) is 9.97 Å². The van der Waals surface area contributed by atoms with Gasteiger partial charge in [0.05, 0.1) is 20.4 Å². The van der Waals surface area contributed by atoms with Crippen LogP contribution in [0.5, 0.6) is 11.8 Å². The number of nitrogens with zero attached hydrogens (tertiary/aromatic N) is 2. The van der Waals surface area contributed by atoms with Crippen molar-refractivity contribution in [1.82, 2.24) is 9.97 Å². The van der Waals surface area contributed by atoms with Crippen LogP contribution in [0.25, 0.3) is 0 Å². The maximum atomic E-state index is 12.5. The van der Waals surface area contributed by atoms with Crippen LogP contribution in [0.2, 0.25) is 5.02 Å². The Hall–Kier alpha value is -2.14. The molecule has 0 atom stereocenters. The summed E-state index contributed by atoms with van der Waals surface area (Å²) in [6.45, 7) is 1.83. The first-order valence-corrected chi connectivity index (χ1v) is 6.20. The Morgan fingerprint density at radius 2 is 2.00 bits per heavy atom. The smallest absolute Gasteiger partial charge is 0.247 e. The van der Waals surface area contributed by atoms with Gasteiger partial charge in [0.25, 0.3) is 0 Å². The summed E-state index contributed by atoms with van der Waals surface area (Å²) in [4.78, 5) is 20.6. The Kier molecular flexibility index (Phi) is 4.20. The first-order chi connectivity index (χ1) is 9.56. The fourth-order valence-electron chi connectivity index (χ4n) is 1.72. The standard InChI is InChI=1S/C14H13ClN2O3/c1-8-4-5-9(15)6-10(8)13(18)12-14(20-3)17-11(19-2)7-16-12/h4-7H,1-3H3. The molecule has 0 aliphatic rings. The average molecular weight is 293 g/mol. The number of ketones is 1. The molecule has 104 valence electrons. The van der Waals surface area contributed by atoms with Crippen LogP contribution in [0, 0.1) is 6.92 Å². The zero-order chi connectivity index (χ0) is 14.7. The molecule has 2 aromatic rings. The van der Waals surface area contributed by atoms with Crippen LogP contribution >= 0.6 is 11.6 Å². The van der Waals surface area contributed by atoms with Crippen LogP contribution in [0.3, 0.4) is 0 Å². The lowest BCUT2D eigenvalue weighted by Gasteiger charge is -2.09. The lowest BCUT2D eigenvalue weighted by atomic mass is 10.0. The van der Waals surface area contributed by atoms with Gasteiger partial charge in [0, 0.05) is 10.6 Å². The highest BCUT2D eigenvalue weighted by atomic mass is 35.5. The molecule has 0 unspecified atom stereocenters. The van der Waals surface area contributed by atoms with Crippen molar-refractivity contribution in [2.45, 2.75) is 6.92 Å². The predicted octanol–water partition coefficient (Wildman–Crippen LogP) is 2.69. The zero-order valence-electron chi connectivity index (χ0n) is 11.3. The van der Waals surface area contributed by atoms with E-state index in [1.54, 1.807) is 18.2 Å². The molecular weight excluding hydrogens is 280 g/mol. The molecule has 0 N–H and O–H groups in total. The average Bonchev–Trinajstić information content (AvgIpc) is 2.48. The summed E-state index contributed by atoms with van der Waals surface area (Å²) in [5.74, 6) is 0.104. The number of benzene rings is 1. The monoisotopic (exact) mass is 292 g/mol. The van der Waals surface area contributed by atoms with Crippen LogP contribution in [0.1, 0.15) is 21.6 Å². The van der Waals surface area contributed by atoms with Crippen molar-refractivity contribution in [2.75, 3.05) is 14.2 Å². The Morgan fingerprint density at radius 3 is 2.65 bits per heavy atom. The largest absolute Gasteiger partial charge is 0.480 e. The molecule has 1 aromatic carbocycles. The number of carbonyl (C=O) groups excluding carboxylic acids is 1. The van der Waals surface area contributed by atoms with Crippen molar-refractivity contribution in [3.63, 3.8) is 0 Å². The number of aryl methyl sites for hydroxylation is 1. The molecule has 0 fully saturated rings. The second kappa shape index (κ2) is 5.88. The summed E-state index contributed by atoms with van der Waals surface area (Å²) >= 11 is 5.93. The fourth-order valence-corrected chi connectivity index (χ4v) is 1.89. The fraction of sp³-hybridized carbons (Fsp3) is 0.214. The second-order valence-electron chi connectivity index (χ2n) is 4.06. The summed E-state index contributed by atoms with van der Waals surface area (Å²) in [5, 5.41) is 0.486. The van der Waals surface area contributed by atoms with E-state index in [4.69, 9.17) is 21.1 Å². The zero-order valence-corrected chi connectivity index (χ0v) is 12.1. The molecule has 1 heterocycles. The minimum absolute atomic E-state index is 0.119. The Morgan fingerprint density at radius 1 is 1.25 bits per heavy atom. The van der Waals surface area contributed by atoms with E-state index in [9.17, 15) is 4.79 Å². The van der Waals surface area contributed by atoms with Crippen LogP contribution in [-0.4, -0.2) is 30.0 Å². The second-order valence-corrected chi connectivity index (χ2v) is 4.50. The van der Waals surface area contributed by atoms with Gasteiger partial charge in [-0.15, -0.1) is 0 Å². The SMILES string of the molecule is COc1cnc(C(=O)c2cc(Cl)ccc2C)c(OC)n1. The van der Waals surface area contributed by atoms with Gasteiger partial charge in [-0.05, 0) is 24.6 Å². The van der Waals surface area contributed by atoms with E-state index in [1.165, 1.54) is 20.4 Å². The number of carbonyl (C=O) groups is 1. The van der Waals surface area contributed by atoms with Gasteiger partial charge in [-0.1, -0.05) is 17.7 Å². The maximum Gasteiger partial charge on any atom is 0.247 e. The molecule has 0 spiro atoms. The van der Waals surface area contributed by atoms with Gasteiger partial charge in [-0.25, -0.2) is 4.98 Å². The quantitative estimate of drug-likeness (QED) is 0.811. The molecule has 2 rings (SSSR count). The highest BCUT2D eigenvalue weighted by molar-refractivity contribution is 6.31. The highest BCUT2D eigenvalue weighted by Crippen LogP contribution is 2.23. The van der Waals surface area contributed by atoms with Gasteiger partial charge in [-0.2, -0.15) is 4.98 Å². The number of hydrogen-bond acceptors (Lipinski definition) is 5. The Balaban J connectivity index is 2.50. The lowest BCUT2D eigenvalue weighted by Crippen LogP contribution is -2.10. The number of methoxy groups -OCH3 is 2. The molecule has 5 nitrogen and oxygen atoms in total. The van der Waals surface area contributed by atoms with E-state index in [0.717, 1.165) is 5.56 Å². The lowest BCUT2D eigenvalue weighted by molar-refractivity contribution is 0.102. The van der Waals surface area contributed by atoms with Crippen LogP contribution in [-0.2, 0) is 0 Å². The molecule has 0 aliphatic heterocycles. The highest BCUT2D eigenvalue weighted by Gasteiger charge is 2.20. The summed E-state index contributed by atoms with van der Waals surface area (Å²) in [7, 11) is 2.89. The first-order valence-electron chi connectivity index (χ1n) is 5.82. The molecule has 20 heavy (non-hydrogen) atoms. The summed E-state index contributed by atoms with van der Waals surface area (Å²) in [5.41, 5.74) is 1.40. The maximum absolute atomic E-state index is 12.5. The van der Waals surface area contributed by atoms with Crippen LogP contribution < -0.4 is 9.47 Å². The summed E-state index contributed by atoms with van der Waals surface area (Å²) in [6, 6.07) is 5.11. The Labute approximate surface area is 121 Å². The van der Waals surface area contributed by atoms with Crippen LogP contribution in [0.15, 0.2) is 24.4 Å². The Bertz CT molecular complexity index is 659. The van der Waals surface area contributed by atoms with Crippen molar-refractivity contribution >= 4 is 17.4 Å². The van der Waals surface area contributed by atoms with E-state index in [1.807, 2.05) is 6.92 Å². The van der Waals surface area contributed by atoms with Crippen molar-refractivity contribution in [3.05, 3.63) is 46.2 Å². The van der Waals surface area contributed by atoms with Gasteiger partial charge >= 0.3 is 0 Å². The normalized spacial score (nSPS) is 10.2. The minimum atomic E-state index is -0.294. The van der Waals surface area contributed by atoms with Gasteiger partial charge < -0.3 is 9.47 Å². The first kappa shape index (κ1) is 14.3. The predicted molar refractivity (Wildman–Crippen MR) is 74.8 cm³/mol. The van der Waals surface area contributed by atoms with E-state index >= 15 is 0 Å². The molecule has 0 amide bonds. The number of rotatable bonds is 4. The molecule has 0 aliphatic carbocycles. The molecule has 0 radical (unpaired) electrons. The molecule has 6 heteroatoms. The molecule has 0 saturated carbocycles. The topological polar surface area (TPSA) is 61.3 Å². The van der Waals surface area contributed by atoms with E-state index in [-0.39, 0.29) is 23.2 Å². The van der Waals surface area contributed by atoms with E-state index < -0.39 is 0 Å². The molecular formula is C14H13ClN2O3. The van der Waals surface area contributed by atoms with Gasteiger partial charge in [0.1, 0.15) is 0 Å². The number of halogens is 1. The van der Waals surface area contributed by atoms with E-state index in [0.29, 0.717) is 10.6 Å². The molecule has 0 saturated heterocycles. The van der Waals surface area contributed by atoms with Gasteiger partial charge in [-0.3, -0.25) is 4.79 Å². The molecule has 0 bridgehead atoms. The number of hydrogen-bond donors (Lipinski definition) is 0. The number of ether oxygens (including phenoxy) is 2. The van der Waals surface area contributed by atoms with Crippen molar-refractivity contribution in [2.24, 2.45) is 0 Å². The van der Waals surface area contributed by atoms with Crippen LogP contribution in [0.4, 0.5) is 0 Å². The summed E-state index contributed by atoms with van der Waals surface area (Å²) < 4.78 is 10.0. The third kappa shape index (κ3) is 2.72. The van der Waals surface area contributed by atoms with Crippen molar-refractivity contribution in [3.8, 4) is 11.8 Å². The number of aromatic nitrogens is 2. The van der Waals surface area contributed by atoms with Gasteiger partial charge in [0.2, 0.25) is 17.5 Å². The van der Waals surface area contributed by atoms with Crippen molar-refractivity contribution < 1.29 is 14.3 Å². The van der Waals surface area contributed by atoms with Crippen molar-refractivity contribution in [1.29, 1.82) is 0 Å². The van der Waals surface area contributed by atoms with Gasteiger partial charge in [0.15, 0.2) is 5.69 Å². The minimum Gasteiger partial charge on any atom is -0.480 e. The third-order valence-electron chi connectivity index (χ3n) is 2.78. The third-order valence-corrected chi connectivity index (χ3v) is 3.02. The summed E-state index contributed by atoms with van der Waals surface area (Å²) in [6.07, 6.45) is 1.37. The molecule has 1 aromatic heterocycles.